The van der Waals surface area contributed by atoms with Crippen LogP contribution in [0.5, 0.6) is 0 Å². The van der Waals surface area contributed by atoms with Crippen LogP contribution in [0.3, 0.4) is 0 Å². The number of aromatic nitrogens is 5. The molecule has 0 saturated heterocycles. The molecule has 11 heteroatoms. The number of anilines is 2. The highest BCUT2D eigenvalue weighted by Crippen LogP contribution is 2.33. The lowest BCUT2D eigenvalue weighted by molar-refractivity contribution is -0.137. The number of pyridine rings is 1. The summed E-state index contributed by atoms with van der Waals surface area (Å²) in [6.45, 7) is 0.846. The van der Waals surface area contributed by atoms with Crippen LogP contribution in [0.4, 0.5) is 24.9 Å². The molecule has 3 N–H and O–H groups in total. The van der Waals surface area contributed by atoms with Gasteiger partial charge in [-0.25, -0.2) is 19.9 Å². The number of benzene rings is 1. The van der Waals surface area contributed by atoms with Crippen LogP contribution in [0, 0.1) is 11.3 Å². The summed E-state index contributed by atoms with van der Waals surface area (Å²) in [5.74, 6) is 1.27. The van der Waals surface area contributed by atoms with Crippen molar-refractivity contribution in [3.05, 3.63) is 72.3 Å². The van der Waals surface area contributed by atoms with Gasteiger partial charge in [-0.15, -0.1) is 0 Å². The minimum absolute atomic E-state index is 0.295. The topological polar surface area (TPSA) is 115 Å². The molecule has 0 atom stereocenters. The molecular formula is C22H17F3N8. The van der Waals surface area contributed by atoms with Gasteiger partial charge in [0.1, 0.15) is 17.7 Å². The van der Waals surface area contributed by atoms with E-state index in [2.05, 4.69) is 41.6 Å². The van der Waals surface area contributed by atoms with Crippen molar-refractivity contribution in [3.63, 3.8) is 0 Å². The van der Waals surface area contributed by atoms with Crippen LogP contribution in [-0.4, -0.2) is 38.0 Å². The number of H-pyrrole nitrogens is 1. The summed E-state index contributed by atoms with van der Waals surface area (Å²) in [6, 6.07) is 10.2. The second-order valence-electron chi connectivity index (χ2n) is 6.83. The molecule has 166 valence electrons. The Morgan fingerprint density at radius 3 is 2.45 bits per heavy atom. The van der Waals surface area contributed by atoms with Crippen LogP contribution in [0.2, 0.25) is 0 Å². The average molecular weight is 450 g/mol. The third kappa shape index (κ3) is 5.07. The van der Waals surface area contributed by atoms with Crippen molar-refractivity contribution in [2.45, 2.75) is 6.18 Å². The first-order valence-electron chi connectivity index (χ1n) is 9.83. The predicted octanol–water partition coefficient (Wildman–Crippen LogP) is 4.34. The number of hydrogen-bond donors (Lipinski definition) is 3. The van der Waals surface area contributed by atoms with Crippen LogP contribution in [0.15, 0.2) is 61.2 Å². The van der Waals surface area contributed by atoms with Crippen LogP contribution in [0.25, 0.3) is 22.6 Å². The van der Waals surface area contributed by atoms with Crippen LogP contribution < -0.4 is 10.6 Å². The molecule has 3 heterocycles. The van der Waals surface area contributed by atoms with E-state index in [0.717, 1.165) is 12.1 Å². The summed E-state index contributed by atoms with van der Waals surface area (Å²) in [5.41, 5.74) is 1.16. The van der Waals surface area contributed by atoms with Gasteiger partial charge in [-0.1, -0.05) is 12.1 Å². The number of nitrogens with zero attached hydrogens (tertiary/aromatic N) is 5. The fraction of sp³-hybridized carbons (Fsp3) is 0.136. The van der Waals surface area contributed by atoms with E-state index in [1.807, 2.05) is 0 Å². The molecule has 0 aliphatic heterocycles. The zero-order chi connectivity index (χ0) is 23.3. The van der Waals surface area contributed by atoms with Gasteiger partial charge in [-0.3, -0.25) is 0 Å². The molecule has 4 aromatic rings. The Morgan fingerprint density at radius 2 is 1.76 bits per heavy atom. The molecule has 0 aliphatic rings. The fourth-order valence-corrected chi connectivity index (χ4v) is 3.08. The van der Waals surface area contributed by atoms with Gasteiger partial charge in [0.15, 0.2) is 0 Å². The van der Waals surface area contributed by atoms with Gasteiger partial charge < -0.3 is 15.6 Å². The van der Waals surface area contributed by atoms with E-state index in [4.69, 9.17) is 5.26 Å². The minimum Gasteiger partial charge on any atom is -0.367 e. The SMILES string of the molecule is N#Cc1cccnc1NCCNc1ncc(-c2ncc[nH]2)c(-c2ccc(C(F)(F)F)cc2)n1. The quantitative estimate of drug-likeness (QED) is 0.359. The number of nitriles is 1. The smallest absolute Gasteiger partial charge is 0.367 e. The molecule has 4 rings (SSSR count). The summed E-state index contributed by atoms with van der Waals surface area (Å²) in [6.07, 6.45) is 1.92. The first-order valence-corrected chi connectivity index (χ1v) is 9.83. The zero-order valence-electron chi connectivity index (χ0n) is 17.1. The monoisotopic (exact) mass is 450 g/mol. The van der Waals surface area contributed by atoms with Crippen LogP contribution in [-0.2, 0) is 6.18 Å². The van der Waals surface area contributed by atoms with Crippen molar-refractivity contribution in [3.8, 4) is 28.7 Å². The van der Waals surface area contributed by atoms with Gasteiger partial charge in [0, 0.05) is 43.4 Å². The lowest BCUT2D eigenvalue weighted by Gasteiger charge is -2.12. The third-order valence-corrected chi connectivity index (χ3v) is 4.66. The first-order chi connectivity index (χ1) is 16.0. The Bertz CT molecular complexity index is 1260. The third-order valence-electron chi connectivity index (χ3n) is 4.66. The molecule has 0 radical (unpaired) electrons. The fourth-order valence-electron chi connectivity index (χ4n) is 3.08. The van der Waals surface area contributed by atoms with Crippen molar-refractivity contribution in [2.24, 2.45) is 0 Å². The van der Waals surface area contributed by atoms with E-state index in [9.17, 15) is 13.2 Å². The van der Waals surface area contributed by atoms with Gasteiger partial charge in [0.25, 0.3) is 0 Å². The number of aromatic amines is 1. The molecule has 0 amide bonds. The summed E-state index contributed by atoms with van der Waals surface area (Å²) in [5, 5.41) is 15.2. The summed E-state index contributed by atoms with van der Waals surface area (Å²) in [7, 11) is 0. The molecule has 0 bridgehead atoms. The second kappa shape index (κ2) is 9.35. The minimum atomic E-state index is -4.42. The van der Waals surface area contributed by atoms with Crippen molar-refractivity contribution in [2.75, 3.05) is 23.7 Å². The number of imidazole rings is 1. The molecule has 0 saturated carbocycles. The number of alkyl halides is 3. The highest BCUT2D eigenvalue weighted by atomic mass is 19.4. The standard InChI is InChI=1S/C22H17F3N8/c23-22(24,25)16-5-3-14(4-6-16)18-17(20-29-8-9-30-20)13-32-21(33-18)31-11-10-28-19-15(12-26)2-1-7-27-19/h1-9,13H,10-11H2,(H,27,28)(H,29,30)(H,31,32,33). The molecule has 0 spiro atoms. The zero-order valence-corrected chi connectivity index (χ0v) is 17.1. The van der Waals surface area contributed by atoms with Crippen molar-refractivity contribution >= 4 is 11.8 Å². The van der Waals surface area contributed by atoms with E-state index in [-0.39, 0.29) is 0 Å². The molecule has 8 nitrogen and oxygen atoms in total. The highest BCUT2D eigenvalue weighted by molar-refractivity contribution is 5.77. The average Bonchev–Trinajstić information content (AvgIpc) is 3.36. The highest BCUT2D eigenvalue weighted by Gasteiger charge is 2.30. The van der Waals surface area contributed by atoms with Crippen LogP contribution >= 0.6 is 0 Å². The Balaban J connectivity index is 1.54. The van der Waals surface area contributed by atoms with Crippen LogP contribution in [0.1, 0.15) is 11.1 Å². The van der Waals surface area contributed by atoms with E-state index in [1.165, 1.54) is 12.1 Å². The maximum atomic E-state index is 13.0. The number of rotatable bonds is 7. The van der Waals surface area contributed by atoms with E-state index in [1.54, 1.807) is 36.9 Å². The van der Waals surface area contributed by atoms with E-state index in [0.29, 0.717) is 53.1 Å². The Hall–Kier alpha value is -4.46. The normalized spacial score (nSPS) is 11.1. The van der Waals surface area contributed by atoms with Crippen molar-refractivity contribution < 1.29 is 13.2 Å². The summed E-state index contributed by atoms with van der Waals surface area (Å²) >= 11 is 0. The predicted molar refractivity (Wildman–Crippen MR) is 116 cm³/mol. The van der Waals surface area contributed by atoms with Gasteiger partial charge in [0.2, 0.25) is 5.95 Å². The van der Waals surface area contributed by atoms with Gasteiger partial charge in [-0.2, -0.15) is 18.4 Å². The largest absolute Gasteiger partial charge is 0.416 e. The van der Waals surface area contributed by atoms with E-state index < -0.39 is 11.7 Å². The lowest BCUT2D eigenvalue weighted by atomic mass is 10.0. The van der Waals surface area contributed by atoms with Crippen molar-refractivity contribution in [1.29, 1.82) is 5.26 Å². The maximum absolute atomic E-state index is 13.0. The number of nitrogens with one attached hydrogen (secondary N) is 3. The maximum Gasteiger partial charge on any atom is 0.416 e. The molecule has 0 fully saturated rings. The van der Waals surface area contributed by atoms with Crippen molar-refractivity contribution in [1.82, 2.24) is 24.9 Å². The molecule has 0 unspecified atom stereocenters. The van der Waals surface area contributed by atoms with Gasteiger partial charge in [-0.05, 0) is 24.3 Å². The second-order valence-corrected chi connectivity index (χ2v) is 6.83. The lowest BCUT2D eigenvalue weighted by Crippen LogP contribution is -2.16. The first kappa shape index (κ1) is 21.8. The summed E-state index contributed by atoms with van der Waals surface area (Å²) < 4.78 is 38.9. The summed E-state index contributed by atoms with van der Waals surface area (Å²) in [4.78, 5) is 20.1. The Labute approximate surface area is 186 Å². The molecule has 33 heavy (non-hydrogen) atoms. The molecule has 1 aromatic carbocycles. The Kier molecular flexibility index (Phi) is 6.17. The number of halogens is 3. The number of hydrogen-bond acceptors (Lipinski definition) is 7. The molecular weight excluding hydrogens is 433 g/mol. The van der Waals surface area contributed by atoms with Gasteiger partial charge in [0.05, 0.1) is 22.4 Å². The van der Waals surface area contributed by atoms with Gasteiger partial charge >= 0.3 is 6.18 Å². The molecule has 0 aliphatic carbocycles. The molecule has 3 aromatic heterocycles. The van der Waals surface area contributed by atoms with E-state index >= 15 is 0 Å². The Morgan fingerprint density at radius 1 is 0.970 bits per heavy atom.